The van der Waals surface area contributed by atoms with Crippen molar-refractivity contribution >= 4 is 28.5 Å². The number of nitrogens with zero attached hydrogens (tertiary/aromatic N) is 3. The van der Waals surface area contributed by atoms with Crippen LogP contribution in [0, 0.1) is 0 Å². The number of benzene rings is 2. The van der Waals surface area contributed by atoms with Crippen LogP contribution in [0.5, 0.6) is 0 Å². The summed E-state index contributed by atoms with van der Waals surface area (Å²) in [5.74, 6) is 0.906. The number of imidazole rings is 1. The Kier molecular flexibility index (Phi) is 4.93. The minimum Gasteiger partial charge on any atom is -0.341 e. The standard InChI is InChI=1S/C21H22ClN3O/c22-17-10-4-3-9-16(17)21-23-18-11-5-6-12-19(18)25(21)15-20(26)24-13-7-1-2-8-14-24/h3-6,9-12H,1-2,7-8,13-15H2. The molecule has 1 amide bonds. The third-order valence-corrected chi connectivity index (χ3v) is 5.35. The van der Waals surface area contributed by atoms with E-state index in [4.69, 9.17) is 16.6 Å². The summed E-state index contributed by atoms with van der Waals surface area (Å²) in [6.45, 7) is 2.00. The zero-order valence-corrected chi connectivity index (χ0v) is 15.5. The van der Waals surface area contributed by atoms with E-state index in [9.17, 15) is 4.79 Å². The van der Waals surface area contributed by atoms with E-state index >= 15 is 0 Å². The van der Waals surface area contributed by atoms with Gasteiger partial charge in [0, 0.05) is 18.7 Å². The summed E-state index contributed by atoms with van der Waals surface area (Å²) >= 11 is 6.42. The van der Waals surface area contributed by atoms with Crippen LogP contribution in [0.15, 0.2) is 48.5 Å². The SMILES string of the molecule is O=C(Cn1c(-c2ccccc2Cl)nc2ccccc21)N1CCCCCC1. The lowest BCUT2D eigenvalue weighted by Crippen LogP contribution is -2.34. The van der Waals surface area contributed by atoms with Gasteiger partial charge in [-0.2, -0.15) is 0 Å². The van der Waals surface area contributed by atoms with Gasteiger partial charge >= 0.3 is 0 Å². The second-order valence-electron chi connectivity index (χ2n) is 6.79. The molecule has 1 aromatic heterocycles. The lowest BCUT2D eigenvalue weighted by molar-refractivity contribution is -0.131. The van der Waals surface area contributed by atoms with Gasteiger partial charge in [0.1, 0.15) is 12.4 Å². The molecular formula is C21H22ClN3O. The molecule has 1 aliphatic heterocycles. The van der Waals surface area contributed by atoms with Gasteiger partial charge in [0.05, 0.1) is 16.1 Å². The Morgan fingerprint density at radius 1 is 0.962 bits per heavy atom. The van der Waals surface area contributed by atoms with Gasteiger partial charge in [0.2, 0.25) is 5.91 Å². The topological polar surface area (TPSA) is 38.1 Å². The summed E-state index contributed by atoms with van der Waals surface area (Å²) in [5, 5.41) is 0.645. The Hall–Kier alpha value is -2.33. The lowest BCUT2D eigenvalue weighted by Gasteiger charge is -2.21. The fourth-order valence-corrected chi connectivity index (χ4v) is 3.86. The van der Waals surface area contributed by atoms with Gasteiger partial charge in [0.15, 0.2) is 0 Å². The first-order valence-electron chi connectivity index (χ1n) is 9.22. The van der Waals surface area contributed by atoms with E-state index < -0.39 is 0 Å². The first-order chi connectivity index (χ1) is 12.7. The van der Waals surface area contributed by atoms with Crippen LogP contribution < -0.4 is 0 Å². The van der Waals surface area contributed by atoms with E-state index in [0.717, 1.165) is 48.4 Å². The van der Waals surface area contributed by atoms with E-state index in [0.29, 0.717) is 11.6 Å². The monoisotopic (exact) mass is 367 g/mol. The molecule has 0 N–H and O–H groups in total. The highest BCUT2D eigenvalue weighted by Gasteiger charge is 2.20. The quantitative estimate of drug-likeness (QED) is 0.669. The molecule has 0 spiro atoms. The first kappa shape index (κ1) is 17.1. The molecule has 1 fully saturated rings. The van der Waals surface area contributed by atoms with Gasteiger partial charge in [-0.3, -0.25) is 4.79 Å². The molecule has 4 rings (SSSR count). The number of likely N-dealkylation sites (tertiary alicyclic amines) is 1. The van der Waals surface area contributed by atoms with Crippen molar-refractivity contribution in [3.63, 3.8) is 0 Å². The average Bonchev–Trinajstić information content (AvgIpc) is 2.84. The molecule has 0 aliphatic carbocycles. The predicted octanol–water partition coefficient (Wildman–Crippen LogP) is 4.76. The van der Waals surface area contributed by atoms with E-state index in [1.54, 1.807) is 0 Å². The Balaban J connectivity index is 1.74. The molecule has 5 heteroatoms. The van der Waals surface area contributed by atoms with Crippen LogP contribution in [0.2, 0.25) is 5.02 Å². The summed E-state index contributed by atoms with van der Waals surface area (Å²) < 4.78 is 2.00. The molecule has 2 heterocycles. The third kappa shape index (κ3) is 3.34. The average molecular weight is 368 g/mol. The van der Waals surface area contributed by atoms with Crippen molar-refractivity contribution in [2.45, 2.75) is 32.2 Å². The van der Waals surface area contributed by atoms with Gasteiger partial charge in [-0.15, -0.1) is 0 Å². The number of carbonyl (C=O) groups is 1. The van der Waals surface area contributed by atoms with Crippen molar-refractivity contribution < 1.29 is 4.79 Å². The number of aromatic nitrogens is 2. The zero-order valence-electron chi connectivity index (χ0n) is 14.7. The van der Waals surface area contributed by atoms with Crippen LogP contribution in [0.4, 0.5) is 0 Å². The van der Waals surface area contributed by atoms with Crippen molar-refractivity contribution in [2.24, 2.45) is 0 Å². The molecule has 26 heavy (non-hydrogen) atoms. The Morgan fingerprint density at radius 2 is 1.65 bits per heavy atom. The minimum absolute atomic E-state index is 0.156. The largest absolute Gasteiger partial charge is 0.341 e. The maximum atomic E-state index is 13.0. The third-order valence-electron chi connectivity index (χ3n) is 5.02. The summed E-state index contributed by atoms with van der Waals surface area (Å²) in [5.41, 5.74) is 2.70. The maximum Gasteiger partial charge on any atom is 0.242 e. The lowest BCUT2D eigenvalue weighted by atomic mass is 10.2. The Labute approximate surface area is 158 Å². The number of carbonyl (C=O) groups excluding carboxylic acids is 1. The Morgan fingerprint density at radius 3 is 2.42 bits per heavy atom. The normalized spacial score (nSPS) is 15.2. The van der Waals surface area contributed by atoms with E-state index in [1.165, 1.54) is 12.8 Å². The molecule has 1 saturated heterocycles. The van der Waals surface area contributed by atoms with Gasteiger partial charge in [-0.25, -0.2) is 4.98 Å². The number of amides is 1. The van der Waals surface area contributed by atoms with Gasteiger partial charge in [-0.05, 0) is 37.1 Å². The molecular weight excluding hydrogens is 346 g/mol. The molecule has 1 aliphatic rings. The molecule has 2 aromatic carbocycles. The van der Waals surface area contributed by atoms with Gasteiger partial charge < -0.3 is 9.47 Å². The summed E-state index contributed by atoms with van der Waals surface area (Å²) in [7, 11) is 0. The highest BCUT2D eigenvalue weighted by Crippen LogP contribution is 2.30. The van der Waals surface area contributed by atoms with Crippen LogP contribution in [0.1, 0.15) is 25.7 Å². The number of rotatable bonds is 3. The second-order valence-corrected chi connectivity index (χ2v) is 7.19. The van der Waals surface area contributed by atoms with Crippen LogP contribution >= 0.6 is 11.6 Å². The predicted molar refractivity (Wildman–Crippen MR) is 105 cm³/mol. The first-order valence-corrected chi connectivity index (χ1v) is 9.60. The van der Waals surface area contributed by atoms with Crippen molar-refractivity contribution in [3.05, 3.63) is 53.6 Å². The highest BCUT2D eigenvalue weighted by molar-refractivity contribution is 6.33. The smallest absolute Gasteiger partial charge is 0.242 e. The zero-order chi connectivity index (χ0) is 17.9. The van der Waals surface area contributed by atoms with Crippen molar-refractivity contribution in [3.8, 4) is 11.4 Å². The van der Waals surface area contributed by atoms with Crippen LogP contribution in [-0.4, -0.2) is 33.4 Å². The number of hydrogen-bond donors (Lipinski definition) is 0. The number of para-hydroxylation sites is 2. The maximum absolute atomic E-state index is 13.0. The van der Waals surface area contributed by atoms with Gasteiger partial charge in [0.25, 0.3) is 0 Å². The number of hydrogen-bond acceptors (Lipinski definition) is 2. The molecule has 0 bridgehead atoms. The Bertz CT molecular complexity index is 926. The van der Waals surface area contributed by atoms with Crippen LogP contribution in [0.3, 0.4) is 0 Å². The van der Waals surface area contributed by atoms with Crippen molar-refractivity contribution in [2.75, 3.05) is 13.1 Å². The molecule has 4 nitrogen and oxygen atoms in total. The van der Waals surface area contributed by atoms with E-state index in [2.05, 4.69) is 0 Å². The highest BCUT2D eigenvalue weighted by atomic mass is 35.5. The summed E-state index contributed by atoms with van der Waals surface area (Å²) in [4.78, 5) is 19.7. The minimum atomic E-state index is 0.156. The van der Waals surface area contributed by atoms with Crippen LogP contribution in [-0.2, 0) is 11.3 Å². The molecule has 0 atom stereocenters. The van der Waals surface area contributed by atoms with E-state index in [1.807, 2.05) is 58.0 Å². The fourth-order valence-electron chi connectivity index (χ4n) is 3.64. The van der Waals surface area contributed by atoms with E-state index in [-0.39, 0.29) is 5.91 Å². The van der Waals surface area contributed by atoms with Crippen LogP contribution in [0.25, 0.3) is 22.4 Å². The molecule has 0 saturated carbocycles. The molecule has 0 unspecified atom stereocenters. The van der Waals surface area contributed by atoms with Gasteiger partial charge in [-0.1, -0.05) is 48.7 Å². The molecule has 134 valence electrons. The molecule has 3 aromatic rings. The fraction of sp³-hybridized carbons (Fsp3) is 0.333. The molecule has 0 radical (unpaired) electrons. The second kappa shape index (κ2) is 7.50. The number of fused-ring (bicyclic) bond motifs is 1. The summed E-state index contributed by atoms with van der Waals surface area (Å²) in [6.07, 6.45) is 4.60. The summed E-state index contributed by atoms with van der Waals surface area (Å²) in [6, 6.07) is 15.6. The number of halogens is 1. The van der Waals surface area contributed by atoms with Crippen molar-refractivity contribution in [1.29, 1.82) is 0 Å². The van der Waals surface area contributed by atoms with Crippen molar-refractivity contribution in [1.82, 2.24) is 14.5 Å².